The lowest BCUT2D eigenvalue weighted by Gasteiger charge is -2.11. The van der Waals surface area contributed by atoms with Gasteiger partial charge in [0.25, 0.3) is 0 Å². The van der Waals surface area contributed by atoms with Gasteiger partial charge in [0, 0.05) is 12.0 Å². The Morgan fingerprint density at radius 3 is 2.82 bits per heavy atom. The van der Waals surface area contributed by atoms with Gasteiger partial charge in [0.05, 0.1) is 12.7 Å². The van der Waals surface area contributed by atoms with Crippen LogP contribution in [0.1, 0.15) is 22.8 Å². The molecule has 0 radical (unpaired) electrons. The zero-order chi connectivity index (χ0) is 12.6. The quantitative estimate of drug-likeness (QED) is 0.815. The van der Waals surface area contributed by atoms with Crippen LogP contribution in [0.15, 0.2) is 24.3 Å². The number of carbonyl (C=O) groups is 1. The minimum absolute atomic E-state index is 0.0945. The van der Waals surface area contributed by atoms with E-state index < -0.39 is 5.97 Å². The van der Waals surface area contributed by atoms with Gasteiger partial charge in [-0.3, -0.25) is 0 Å². The first-order chi connectivity index (χ1) is 8.02. The van der Waals surface area contributed by atoms with Gasteiger partial charge in [-0.15, -0.1) is 0 Å². The van der Waals surface area contributed by atoms with Crippen molar-refractivity contribution in [3.8, 4) is 11.5 Å². The summed E-state index contributed by atoms with van der Waals surface area (Å²) in [4.78, 5) is 11.0. The number of aromatic carboxylic acids is 1. The van der Waals surface area contributed by atoms with Crippen LogP contribution in [0.5, 0.6) is 11.5 Å². The summed E-state index contributed by atoms with van der Waals surface area (Å²) < 4.78 is 10.9. The van der Waals surface area contributed by atoms with Gasteiger partial charge < -0.3 is 14.6 Å². The summed E-state index contributed by atoms with van der Waals surface area (Å²) in [5.74, 6) is 0.124. The molecule has 1 aliphatic heterocycles. The lowest BCUT2D eigenvalue weighted by molar-refractivity contribution is 0.0696. The van der Waals surface area contributed by atoms with Crippen LogP contribution in [0.25, 0.3) is 0 Å². The average molecular weight is 234 g/mol. The molecule has 4 heteroatoms. The maximum absolute atomic E-state index is 11.0. The van der Waals surface area contributed by atoms with E-state index >= 15 is 0 Å². The predicted molar refractivity (Wildman–Crippen MR) is 62.9 cm³/mol. The Morgan fingerprint density at radius 1 is 1.59 bits per heavy atom. The van der Waals surface area contributed by atoms with Crippen LogP contribution in [0, 0.1) is 0 Å². The molecule has 0 bridgehead atoms. The lowest BCUT2D eigenvalue weighted by Crippen LogP contribution is -2.13. The first-order valence-electron chi connectivity index (χ1n) is 5.29. The summed E-state index contributed by atoms with van der Waals surface area (Å²) in [5, 5.41) is 9.00. The van der Waals surface area contributed by atoms with Gasteiger partial charge in [0.1, 0.15) is 6.10 Å². The number of carboxylic acids is 1. The maximum Gasteiger partial charge on any atom is 0.335 e. The summed E-state index contributed by atoms with van der Waals surface area (Å²) >= 11 is 0. The summed E-state index contributed by atoms with van der Waals surface area (Å²) in [6, 6.07) is 3.10. The van der Waals surface area contributed by atoms with Crippen LogP contribution in [0.3, 0.4) is 0 Å². The molecule has 1 aromatic carbocycles. The first kappa shape index (κ1) is 11.5. The molecule has 0 amide bonds. The summed E-state index contributed by atoms with van der Waals surface area (Å²) in [5.41, 5.74) is 1.99. The van der Waals surface area contributed by atoms with Crippen molar-refractivity contribution < 1.29 is 19.4 Å². The normalized spacial score (nSPS) is 17.2. The molecule has 1 N–H and O–H groups in total. The molecule has 0 saturated carbocycles. The van der Waals surface area contributed by atoms with Crippen LogP contribution in [0.2, 0.25) is 0 Å². The fourth-order valence-electron chi connectivity index (χ4n) is 1.88. The monoisotopic (exact) mass is 234 g/mol. The van der Waals surface area contributed by atoms with E-state index in [0.29, 0.717) is 17.9 Å². The summed E-state index contributed by atoms with van der Waals surface area (Å²) in [7, 11) is 1.50. The maximum atomic E-state index is 11.0. The standard InChI is InChI=1S/C13H14O4/c1-7(2)10-5-8-4-9(13(14)15)6-11(16-3)12(8)17-10/h4,6,10H,1,5H2,2-3H3,(H,14,15). The van der Waals surface area contributed by atoms with Gasteiger partial charge in [-0.2, -0.15) is 0 Å². The zero-order valence-corrected chi connectivity index (χ0v) is 9.82. The minimum Gasteiger partial charge on any atom is -0.493 e. The van der Waals surface area contributed by atoms with Crippen molar-refractivity contribution >= 4 is 5.97 Å². The number of carboxylic acid groups (broad SMARTS) is 1. The molecule has 17 heavy (non-hydrogen) atoms. The highest BCUT2D eigenvalue weighted by Crippen LogP contribution is 2.40. The third-order valence-corrected chi connectivity index (χ3v) is 2.81. The predicted octanol–water partition coefficient (Wildman–Crippen LogP) is 2.27. The van der Waals surface area contributed by atoms with Crippen molar-refractivity contribution in [2.24, 2.45) is 0 Å². The Balaban J connectivity index is 2.45. The van der Waals surface area contributed by atoms with Gasteiger partial charge in [-0.05, 0) is 24.6 Å². The van der Waals surface area contributed by atoms with E-state index in [2.05, 4.69) is 6.58 Å². The number of fused-ring (bicyclic) bond motifs is 1. The van der Waals surface area contributed by atoms with Gasteiger partial charge in [-0.25, -0.2) is 4.79 Å². The van der Waals surface area contributed by atoms with Crippen LogP contribution < -0.4 is 9.47 Å². The van der Waals surface area contributed by atoms with E-state index in [4.69, 9.17) is 14.6 Å². The molecule has 1 heterocycles. The molecule has 90 valence electrons. The van der Waals surface area contributed by atoms with Gasteiger partial charge in [0.15, 0.2) is 11.5 Å². The molecule has 1 aromatic rings. The molecule has 2 rings (SSSR count). The second kappa shape index (κ2) is 4.13. The van der Waals surface area contributed by atoms with E-state index in [1.54, 1.807) is 6.07 Å². The summed E-state index contributed by atoms with van der Waals surface area (Å²) in [6.07, 6.45) is 0.547. The molecule has 0 aromatic heterocycles. The van der Waals surface area contributed by atoms with E-state index in [1.165, 1.54) is 13.2 Å². The van der Waals surface area contributed by atoms with Crippen LogP contribution >= 0.6 is 0 Å². The first-order valence-corrected chi connectivity index (χ1v) is 5.29. The highest BCUT2D eigenvalue weighted by molar-refractivity contribution is 5.89. The average Bonchev–Trinajstić information content (AvgIpc) is 2.71. The Morgan fingerprint density at radius 2 is 2.29 bits per heavy atom. The minimum atomic E-state index is -0.968. The van der Waals surface area contributed by atoms with Crippen LogP contribution in [-0.2, 0) is 6.42 Å². The van der Waals surface area contributed by atoms with Crippen molar-refractivity contribution in [3.63, 3.8) is 0 Å². The molecule has 0 aliphatic carbocycles. The highest BCUT2D eigenvalue weighted by Gasteiger charge is 2.28. The SMILES string of the molecule is C=C(C)C1Cc2cc(C(=O)O)cc(OC)c2O1. The highest BCUT2D eigenvalue weighted by atomic mass is 16.5. The second-order valence-corrected chi connectivity index (χ2v) is 4.13. The molecular weight excluding hydrogens is 220 g/mol. The van der Waals surface area contributed by atoms with Crippen LogP contribution in [-0.4, -0.2) is 24.3 Å². The molecule has 0 saturated heterocycles. The number of methoxy groups -OCH3 is 1. The Kier molecular flexibility index (Phi) is 2.79. The zero-order valence-electron chi connectivity index (χ0n) is 9.82. The van der Waals surface area contributed by atoms with Crippen LogP contribution in [0.4, 0.5) is 0 Å². The number of ether oxygens (including phenoxy) is 2. The lowest BCUT2D eigenvalue weighted by atomic mass is 10.0. The van der Waals surface area contributed by atoms with E-state index in [-0.39, 0.29) is 11.7 Å². The van der Waals surface area contributed by atoms with Crippen molar-refractivity contribution in [1.82, 2.24) is 0 Å². The number of rotatable bonds is 3. The molecule has 1 aliphatic rings. The Hall–Kier alpha value is -1.97. The van der Waals surface area contributed by atoms with Crippen molar-refractivity contribution in [2.75, 3.05) is 7.11 Å². The molecule has 0 fully saturated rings. The molecular formula is C13H14O4. The van der Waals surface area contributed by atoms with E-state index in [1.807, 2.05) is 6.92 Å². The van der Waals surface area contributed by atoms with Gasteiger partial charge in [-0.1, -0.05) is 6.58 Å². The molecule has 1 atom stereocenters. The van der Waals surface area contributed by atoms with Crippen molar-refractivity contribution in [2.45, 2.75) is 19.4 Å². The van der Waals surface area contributed by atoms with Crippen molar-refractivity contribution in [3.05, 3.63) is 35.4 Å². The largest absolute Gasteiger partial charge is 0.493 e. The molecule has 4 nitrogen and oxygen atoms in total. The number of hydrogen-bond acceptors (Lipinski definition) is 3. The molecule has 0 spiro atoms. The second-order valence-electron chi connectivity index (χ2n) is 4.13. The van der Waals surface area contributed by atoms with Gasteiger partial charge in [0.2, 0.25) is 0 Å². The molecule has 1 unspecified atom stereocenters. The summed E-state index contributed by atoms with van der Waals surface area (Å²) in [6.45, 7) is 5.74. The Bertz CT molecular complexity index is 490. The van der Waals surface area contributed by atoms with E-state index in [9.17, 15) is 4.79 Å². The third kappa shape index (κ3) is 1.98. The fourth-order valence-corrected chi connectivity index (χ4v) is 1.88. The van der Waals surface area contributed by atoms with E-state index in [0.717, 1.165) is 11.1 Å². The van der Waals surface area contributed by atoms with Gasteiger partial charge >= 0.3 is 5.97 Å². The Labute approximate surface area is 99.5 Å². The number of benzene rings is 1. The topological polar surface area (TPSA) is 55.8 Å². The van der Waals surface area contributed by atoms with Crippen molar-refractivity contribution in [1.29, 1.82) is 0 Å². The number of hydrogen-bond donors (Lipinski definition) is 1. The third-order valence-electron chi connectivity index (χ3n) is 2.81. The fraction of sp³-hybridized carbons (Fsp3) is 0.308. The smallest absolute Gasteiger partial charge is 0.335 e.